The molecule has 1 aliphatic carbocycles. The van der Waals surface area contributed by atoms with Crippen LogP contribution in [-0.2, 0) is 0 Å². The summed E-state index contributed by atoms with van der Waals surface area (Å²) in [6, 6.07) is 0. The molecule has 10 heavy (non-hydrogen) atoms. The number of nitrogens with two attached hydrogens (primary N) is 1. The van der Waals surface area contributed by atoms with Crippen LogP contribution >= 0.6 is 11.6 Å². The molecule has 0 radical (unpaired) electrons. The van der Waals surface area contributed by atoms with Gasteiger partial charge >= 0.3 is 0 Å². The summed E-state index contributed by atoms with van der Waals surface area (Å²) in [6.07, 6.45) is 1.96. The molecule has 0 saturated carbocycles. The highest BCUT2D eigenvalue weighted by Gasteiger charge is 2.34. The summed E-state index contributed by atoms with van der Waals surface area (Å²) in [4.78, 5) is 0. The summed E-state index contributed by atoms with van der Waals surface area (Å²) < 4.78 is 25.1. The van der Waals surface area contributed by atoms with Crippen LogP contribution in [-0.4, -0.2) is 5.13 Å². The van der Waals surface area contributed by atoms with Gasteiger partial charge in [-0.05, 0) is 12.2 Å². The highest BCUT2D eigenvalue weighted by Crippen LogP contribution is 2.36. The molecule has 1 nitrogen and oxygen atoms in total. The minimum atomic E-state index is -2.42. The standard InChI is InChI=1S/C6H6ClF2N/c7-6(9)3-4(10)1-2-5(6)8/h1-2H,3,10H2. The normalized spacial score (nSPS) is 33.1. The van der Waals surface area contributed by atoms with Crippen molar-refractivity contribution in [2.75, 3.05) is 0 Å². The zero-order chi connectivity index (χ0) is 7.78. The van der Waals surface area contributed by atoms with E-state index in [9.17, 15) is 8.78 Å². The summed E-state index contributed by atoms with van der Waals surface area (Å²) in [5.41, 5.74) is 5.45. The van der Waals surface area contributed by atoms with Crippen LogP contribution in [0.2, 0.25) is 0 Å². The van der Waals surface area contributed by atoms with Gasteiger partial charge in [0.25, 0.3) is 0 Å². The van der Waals surface area contributed by atoms with Crippen molar-refractivity contribution in [1.82, 2.24) is 0 Å². The molecule has 56 valence electrons. The lowest BCUT2D eigenvalue weighted by molar-refractivity contribution is 0.271. The summed E-state index contributed by atoms with van der Waals surface area (Å²) in [7, 11) is 0. The van der Waals surface area contributed by atoms with E-state index in [0.717, 1.165) is 6.08 Å². The van der Waals surface area contributed by atoms with Crippen molar-refractivity contribution in [2.24, 2.45) is 5.73 Å². The molecule has 0 aromatic heterocycles. The van der Waals surface area contributed by atoms with E-state index in [4.69, 9.17) is 17.3 Å². The number of hydrogen-bond acceptors (Lipinski definition) is 1. The van der Waals surface area contributed by atoms with Crippen LogP contribution in [0.25, 0.3) is 0 Å². The van der Waals surface area contributed by atoms with Crippen LogP contribution in [0.1, 0.15) is 6.42 Å². The topological polar surface area (TPSA) is 26.0 Å². The first-order chi connectivity index (χ1) is 4.52. The fraction of sp³-hybridized carbons (Fsp3) is 0.333. The number of halogens is 3. The lowest BCUT2D eigenvalue weighted by atomic mass is 10.1. The second-order valence-electron chi connectivity index (χ2n) is 2.14. The zero-order valence-electron chi connectivity index (χ0n) is 5.07. The minimum Gasteiger partial charge on any atom is -0.402 e. The first kappa shape index (κ1) is 7.54. The zero-order valence-corrected chi connectivity index (χ0v) is 5.83. The molecular formula is C6H6ClF2N. The third kappa shape index (κ3) is 1.29. The van der Waals surface area contributed by atoms with E-state index >= 15 is 0 Å². The molecule has 0 bridgehead atoms. The molecule has 0 aliphatic heterocycles. The van der Waals surface area contributed by atoms with Gasteiger partial charge in [-0.1, -0.05) is 11.6 Å². The Bertz CT molecular complexity index is 208. The van der Waals surface area contributed by atoms with Gasteiger partial charge in [0.15, 0.2) is 5.83 Å². The van der Waals surface area contributed by atoms with Gasteiger partial charge in [0.2, 0.25) is 5.13 Å². The molecule has 4 heteroatoms. The Hall–Kier alpha value is -0.570. The molecular weight excluding hydrogens is 160 g/mol. The van der Waals surface area contributed by atoms with Gasteiger partial charge in [0.1, 0.15) is 0 Å². The summed E-state index contributed by atoms with van der Waals surface area (Å²) in [6.45, 7) is 0. The largest absolute Gasteiger partial charge is 0.402 e. The smallest absolute Gasteiger partial charge is 0.239 e. The van der Waals surface area contributed by atoms with E-state index in [1.807, 2.05) is 0 Å². The van der Waals surface area contributed by atoms with Gasteiger partial charge in [-0.2, -0.15) is 0 Å². The van der Waals surface area contributed by atoms with Crippen molar-refractivity contribution in [3.63, 3.8) is 0 Å². The van der Waals surface area contributed by atoms with Crippen LogP contribution in [0.5, 0.6) is 0 Å². The quantitative estimate of drug-likeness (QED) is 0.546. The van der Waals surface area contributed by atoms with Crippen LogP contribution in [0.4, 0.5) is 8.78 Å². The Morgan fingerprint density at radius 2 is 2.20 bits per heavy atom. The number of alkyl halides is 2. The van der Waals surface area contributed by atoms with E-state index in [1.54, 1.807) is 0 Å². The molecule has 1 unspecified atom stereocenters. The Morgan fingerprint density at radius 1 is 1.60 bits per heavy atom. The molecule has 1 aliphatic rings. The molecule has 0 saturated heterocycles. The van der Waals surface area contributed by atoms with E-state index in [-0.39, 0.29) is 12.1 Å². The third-order valence-corrected chi connectivity index (χ3v) is 1.53. The average Bonchev–Trinajstić information content (AvgIpc) is 1.78. The Kier molecular flexibility index (Phi) is 1.68. The predicted octanol–water partition coefficient (Wildman–Crippen LogP) is 1.99. The third-order valence-electron chi connectivity index (χ3n) is 1.22. The highest BCUT2D eigenvalue weighted by atomic mass is 35.5. The maximum Gasteiger partial charge on any atom is 0.239 e. The number of rotatable bonds is 0. The summed E-state index contributed by atoms with van der Waals surface area (Å²) >= 11 is 5.09. The summed E-state index contributed by atoms with van der Waals surface area (Å²) in [5, 5.41) is -2.42. The van der Waals surface area contributed by atoms with Crippen molar-refractivity contribution in [3.05, 3.63) is 23.7 Å². The van der Waals surface area contributed by atoms with Gasteiger partial charge in [0, 0.05) is 12.1 Å². The van der Waals surface area contributed by atoms with Crippen molar-refractivity contribution in [3.8, 4) is 0 Å². The lowest BCUT2D eigenvalue weighted by Gasteiger charge is -2.18. The molecule has 1 rings (SSSR count). The Morgan fingerprint density at radius 3 is 2.60 bits per heavy atom. The first-order valence-electron chi connectivity index (χ1n) is 2.72. The minimum absolute atomic E-state index is 0.249. The lowest BCUT2D eigenvalue weighted by Crippen LogP contribution is -2.21. The molecule has 0 spiro atoms. The average molecular weight is 166 g/mol. The van der Waals surface area contributed by atoms with E-state index in [0.29, 0.717) is 0 Å². The monoisotopic (exact) mass is 165 g/mol. The second kappa shape index (κ2) is 2.23. The van der Waals surface area contributed by atoms with Crippen LogP contribution < -0.4 is 5.73 Å². The molecule has 1 atom stereocenters. The predicted molar refractivity (Wildman–Crippen MR) is 35.8 cm³/mol. The van der Waals surface area contributed by atoms with Gasteiger partial charge in [-0.15, -0.1) is 0 Å². The number of allylic oxidation sites excluding steroid dienone is 4. The van der Waals surface area contributed by atoms with Crippen LogP contribution in [0, 0.1) is 0 Å². The highest BCUT2D eigenvalue weighted by molar-refractivity contribution is 6.24. The van der Waals surface area contributed by atoms with Gasteiger partial charge in [0.05, 0.1) is 0 Å². The van der Waals surface area contributed by atoms with Crippen molar-refractivity contribution in [1.29, 1.82) is 0 Å². The maximum atomic E-state index is 12.7. The van der Waals surface area contributed by atoms with E-state index in [2.05, 4.69) is 0 Å². The van der Waals surface area contributed by atoms with Crippen molar-refractivity contribution >= 4 is 11.6 Å². The van der Waals surface area contributed by atoms with Crippen molar-refractivity contribution in [2.45, 2.75) is 11.5 Å². The molecule has 0 fully saturated rings. The SMILES string of the molecule is NC1=CC=C(F)C(F)(Cl)C1. The van der Waals surface area contributed by atoms with E-state index in [1.165, 1.54) is 6.08 Å². The molecule has 0 heterocycles. The second-order valence-corrected chi connectivity index (χ2v) is 2.74. The Labute approximate surface area is 62.2 Å². The molecule has 0 aromatic carbocycles. The molecule has 2 N–H and O–H groups in total. The Balaban J connectivity index is 2.89. The summed E-state index contributed by atoms with van der Waals surface area (Å²) in [5.74, 6) is -0.983. The maximum absolute atomic E-state index is 12.7. The van der Waals surface area contributed by atoms with Crippen LogP contribution in [0.3, 0.4) is 0 Å². The first-order valence-corrected chi connectivity index (χ1v) is 3.10. The van der Waals surface area contributed by atoms with Crippen LogP contribution in [0.15, 0.2) is 23.7 Å². The fourth-order valence-electron chi connectivity index (χ4n) is 0.702. The van der Waals surface area contributed by atoms with Crippen molar-refractivity contribution < 1.29 is 8.78 Å². The van der Waals surface area contributed by atoms with E-state index < -0.39 is 11.0 Å². The molecule has 0 aromatic rings. The van der Waals surface area contributed by atoms with Gasteiger partial charge < -0.3 is 5.73 Å². The van der Waals surface area contributed by atoms with Gasteiger partial charge in [-0.25, -0.2) is 8.78 Å². The fourth-order valence-corrected chi connectivity index (χ4v) is 0.919. The molecule has 0 amide bonds. The van der Waals surface area contributed by atoms with Gasteiger partial charge in [-0.3, -0.25) is 0 Å². The number of hydrogen-bond donors (Lipinski definition) is 1.